The van der Waals surface area contributed by atoms with Gasteiger partial charge in [-0.25, -0.2) is 4.98 Å². The maximum absolute atomic E-state index is 5.72. The van der Waals surface area contributed by atoms with E-state index in [9.17, 15) is 0 Å². The van der Waals surface area contributed by atoms with Gasteiger partial charge in [0.05, 0.1) is 0 Å². The van der Waals surface area contributed by atoms with Crippen molar-refractivity contribution in [2.24, 2.45) is 11.1 Å². The normalized spacial score (nSPS) is 12.4. The number of imidazole rings is 1. The van der Waals surface area contributed by atoms with Crippen molar-refractivity contribution in [3.8, 4) is 0 Å². The quantitative estimate of drug-likeness (QED) is 0.806. The van der Waals surface area contributed by atoms with Crippen LogP contribution in [0.2, 0.25) is 0 Å². The number of hydrogen-bond donors (Lipinski definition) is 1. The molecule has 2 N–H and O–H groups in total. The van der Waals surface area contributed by atoms with E-state index in [1.165, 1.54) is 18.7 Å². The van der Waals surface area contributed by atoms with E-state index in [-0.39, 0.29) is 5.41 Å². The standard InChI is InChI=1S/C13H25N3/c1-11(2)12-15-7-9-16(12)8-5-6-13(3,4)10-14/h7,9,11H,5-6,8,10,14H2,1-4H3. The minimum Gasteiger partial charge on any atom is -0.335 e. The van der Waals surface area contributed by atoms with E-state index in [1.807, 2.05) is 6.20 Å². The molecular formula is C13H25N3. The van der Waals surface area contributed by atoms with Gasteiger partial charge >= 0.3 is 0 Å². The molecule has 16 heavy (non-hydrogen) atoms. The van der Waals surface area contributed by atoms with E-state index in [4.69, 9.17) is 5.73 Å². The van der Waals surface area contributed by atoms with Crippen LogP contribution in [0.25, 0.3) is 0 Å². The van der Waals surface area contributed by atoms with Crippen molar-refractivity contribution >= 4 is 0 Å². The predicted octanol–water partition coefficient (Wildman–Crippen LogP) is 2.77. The van der Waals surface area contributed by atoms with Crippen LogP contribution in [0.4, 0.5) is 0 Å². The largest absolute Gasteiger partial charge is 0.335 e. The highest BCUT2D eigenvalue weighted by molar-refractivity contribution is 4.97. The topological polar surface area (TPSA) is 43.8 Å². The molecule has 0 fully saturated rings. The third-order valence-corrected chi connectivity index (χ3v) is 3.07. The first-order valence-electron chi connectivity index (χ1n) is 6.17. The Bertz CT molecular complexity index is 313. The van der Waals surface area contributed by atoms with Crippen LogP contribution in [0.3, 0.4) is 0 Å². The molecule has 0 aromatic carbocycles. The molecule has 0 bridgehead atoms. The zero-order valence-electron chi connectivity index (χ0n) is 11.0. The van der Waals surface area contributed by atoms with Gasteiger partial charge in [0.1, 0.15) is 5.82 Å². The third kappa shape index (κ3) is 3.63. The fourth-order valence-electron chi connectivity index (χ4n) is 1.84. The summed E-state index contributed by atoms with van der Waals surface area (Å²) in [6.07, 6.45) is 6.30. The summed E-state index contributed by atoms with van der Waals surface area (Å²) in [5.41, 5.74) is 5.99. The van der Waals surface area contributed by atoms with Gasteiger partial charge in [0, 0.05) is 24.9 Å². The van der Waals surface area contributed by atoms with Crippen LogP contribution >= 0.6 is 0 Å². The fourth-order valence-corrected chi connectivity index (χ4v) is 1.84. The molecule has 0 aliphatic heterocycles. The van der Waals surface area contributed by atoms with Gasteiger partial charge in [-0.2, -0.15) is 0 Å². The van der Waals surface area contributed by atoms with E-state index in [1.54, 1.807) is 0 Å². The molecule has 0 saturated heterocycles. The number of nitrogens with two attached hydrogens (primary N) is 1. The summed E-state index contributed by atoms with van der Waals surface area (Å²) in [6, 6.07) is 0. The van der Waals surface area contributed by atoms with Gasteiger partial charge in [-0.3, -0.25) is 0 Å². The highest BCUT2D eigenvalue weighted by atomic mass is 15.1. The van der Waals surface area contributed by atoms with Crippen LogP contribution < -0.4 is 5.73 Å². The molecule has 0 radical (unpaired) electrons. The Morgan fingerprint density at radius 1 is 1.44 bits per heavy atom. The fraction of sp³-hybridized carbons (Fsp3) is 0.769. The van der Waals surface area contributed by atoms with E-state index in [0.29, 0.717) is 5.92 Å². The van der Waals surface area contributed by atoms with Crippen molar-refractivity contribution in [3.05, 3.63) is 18.2 Å². The van der Waals surface area contributed by atoms with Crippen LogP contribution in [0, 0.1) is 5.41 Å². The predicted molar refractivity (Wildman–Crippen MR) is 68.4 cm³/mol. The molecule has 0 amide bonds. The Kier molecular flexibility index (Phi) is 4.54. The second kappa shape index (κ2) is 5.48. The minimum absolute atomic E-state index is 0.262. The SMILES string of the molecule is CC(C)c1nccn1CCCC(C)(C)CN. The first kappa shape index (κ1) is 13.2. The number of nitrogens with zero attached hydrogens (tertiary/aromatic N) is 2. The Balaban J connectivity index is 2.46. The van der Waals surface area contributed by atoms with Gasteiger partial charge in [-0.15, -0.1) is 0 Å². The number of aryl methyl sites for hydroxylation is 1. The lowest BCUT2D eigenvalue weighted by Crippen LogP contribution is -2.23. The van der Waals surface area contributed by atoms with Crippen molar-refractivity contribution in [2.45, 2.75) is 53.0 Å². The van der Waals surface area contributed by atoms with Crippen LogP contribution in [0.1, 0.15) is 52.3 Å². The molecule has 0 atom stereocenters. The summed E-state index contributed by atoms with van der Waals surface area (Å²) in [5, 5.41) is 0. The number of aromatic nitrogens is 2. The minimum atomic E-state index is 0.262. The van der Waals surface area contributed by atoms with Gasteiger partial charge in [-0.1, -0.05) is 27.7 Å². The van der Waals surface area contributed by atoms with Crippen LogP contribution in [0.5, 0.6) is 0 Å². The molecule has 3 heteroatoms. The first-order chi connectivity index (χ1) is 7.46. The third-order valence-electron chi connectivity index (χ3n) is 3.07. The number of hydrogen-bond acceptors (Lipinski definition) is 2. The maximum Gasteiger partial charge on any atom is 0.111 e. The Morgan fingerprint density at radius 2 is 2.12 bits per heavy atom. The Morgan fingerprint density at radius 3 is 2.69 bits per heavy atom. The van der Waals surface area contributed by atoms with Gasteiger partial charge in [0.25, 0.3) is 0 Å². The second-order valence-electron chi connectivity index (χ2n) is 5.61. The molecule has 0 spiro atoms. The summed E-state index contributed by atoms with van der Waals surface area (Å²) >= 11 is 0. The molecule has 3 nitrogen and oxygen atoms in total. The molecule has 92 valence electrons. The summed E-state index contributed by atoms with van der Waals surface area (Å²) in [5.74, 6) is 1.68. The van der Waals surface area contributed by atoms with Crippen molar-refractivity contribution in [2.75, 3.05) is 6.54 Å². The van der Waals surface area contributed by atoms with Crippen LogP contribution in [-0.4, -0.2) is 16.1 Å². The lowest BCUT2D eigenvalue weighted by atomic mass is 9.88. The molecule has 1 aromatic rings. The smallest absolute Gasteiger partial charge is 0.111 e. The molecular weight excluding hydrogens is 198 g/mol. The van der Waals surface area contributed by atoms with E-state index in [2.05, 4.69) is 43.4 Å². The monoisotopic (exact) mass is 223 g/mol. The zero-order chi connectivity index (χ0) is 12.2. The molecule has 0 aliphatic rings. The summed E-state index contributed by atoms with van der Waals surface area (Å²) in [4.78, 5) is 4.39. The van der Waals surface area contributed by atoms with E-state index < -0.39 is 0 Å². The highest BCUT2D eigenvalue weighted by Gasteiger charge is 2.15. The van der Waals surface area contributed by atoms with Gasteiger partial charge < -0.3 is 10.3 Å². The van der Waals surface area contributed by atoms with Gasteiger partial charge in [0.2, 0.25) is 0 Å². The highest BCUT2D eigenvalue weighted by Crippen LogP contribution is 2.21. The average Bonchev–Trinajstić information content (AvgIpc) is 2.66. The summed E-state index contributed by atoms with van der Waals surface area (Å²) in [6.45, 7) is 10.6. The average molecular weight is 223 g/mol. The second-order valence-corrected chi connectivity index (χ2v) is 5.61. The van der Waals surface area contributed by atoms with Crippen molar-refractivity contribution < 1.29 is 0 Å². The summed E-state index contributed by atoms with van der Waals surface area (Å²) < 4.78 is 2.26. The molecule has 0 unspecified atom stereocenters. The molecule has 0 saturated carbocycles. The summed E-state index contributed by atoms with van der Waals surface area (Å²) in [7, 11) is 0. The van der Waals surface area contributed by atoms with E-state index in [0.717, 1.165) is 13.1 Å². The first-order valence-corrected chi connectivity index (χ1v) is 6.17. The van der Waals surface area contributed by atoms with Crippen molar-refractivity contribution in [1.82, 2.24) is 9.55 Å². The molecule has 1 aromatic heterocycles. The molecule has 1 rings (SSSR count). The van der Waals surface area contributed by atoms with E-state index >= 15 is 0 Å². The van der Waals surface area contributed by atoms with Gasteiger partial charge in [-0.05, 0) is 24.8 Å². The van der Waals surface area contributed by atoms with Crippen LogP contribution in [-0.2, 0) is 6.54 Å². The van der Waals surface area contributed by atoms with Crippen LogP contribution in [0.15, 0.2) is 12.4 Å². The lowest BCUT2D eigenvalue weighted by molar-refractivity contribution is 0.326. The van der Waals surface area contributed by atoms with Crippen molar-refractivity contribution in [3.63, 3.8) is 0 Å². The zero-order valence-corrected chi connectivity index (χ0v) is 11.0. The maximum atomic E-state index is 5.72. The Hall–Kier alpha value is -0.830. The molecule has 1 heterocycles. The Labute approximate surface area is 99.1 Å². The van der Waals surface area contributed by atoms with Crippen molar-refractivity contribution in [1.29, 1.82) is 0 Å². The van der Waals surface area contributed by atoms with Gasteiger partial charge in [0.15, 0.2) is 0 Å². The number of rotatable bonds is 6. The lowest BCUT2D eigenvalue weighted by Gasteiger charge is -2.22. The molecule has 0 aliphatic carbocycles.